The number of carbonyl (C=O) groups is 1. The Morgan fingerprint density at radius 1 is 1.35 bits per heavy atom. The average molecular weight is 401 g/mol. The fourth-order valence-electron chi connectivity index (χ4n) is 2.28. The van der Waals surface area contributed by atoms with E-state index in [4.69, 9.17) is 16.0 Å². The molecule has 0 saturated carbocycles. The lowest BCUT2D eigenvalue weighted by Crippen LogP contribution is -2.11. The fraction of sp³-hybridized carbons (Fsp3) is 0.176. The van der Waals surface area contributed by atoms with E-state index in [1.807, 2.05) is 0 Å². The number of benzene rings is 1. The van der Waals surface area contributed by atoms with E-state index in [1.54, 1.807) is 13.0 Å². The summed E-state index contributed by atoms with van der Waals surface area (Å²) in [7, 11) is 0. The highest BCUT2D eigenvalue weighted by molar-refractivity contribution is 7.15. The van der Waals surface area contributed by atoms with Crippen LogP contribution < -0.4 is 5.32 Å². The standard InChI is InChI=1S/C17H12ClF3N2O2S/c1-9-4-5-25-14(9)15(24)23-16-22-8-12(26-16)7-10-6-11(17(19,20)21)2-3-13(10)18/h2-6,8H,7H2,1H3,(H,22,23,24). The molecule has 1 N–H and O–H groups in total. The molecule has 0 radical (unpaired) electrons. The van der Waals surface area contributed by atoms with Gasteiger partial charge in [-0.2, -0.15) is 13.2 Å². The highest BCUT2D eigenvalue weighted by Gasteiger charge is 2.31. The lowest BCUT2D eigenvalue weighted by Gasteiger charge is -2.09. The number of hydrogen-bond donors (Lipinski definition) is 1. The van der Waals surface area contributed by atoms with Crippen LogP contribution in [0.4, 0.5) is 18.3 Å². The van der Waals surface area contributed by atoms with Crippen LogP contribution in [0.3, 0.4) is 0 Å². The summed E-state index contributed by atoms with van der Waals surface area (Å²) in [6.45, 7) is 1.74. The third kappa shape index (κ3) is 4.08. The summed E-state index contributed by atoms with van der Waals surface area (Å²) in [5, 5.41) is 3.17. The van der Waals surface area contributed by atoms with Crippen molar-refractivity contribution in [3.8, 4) is 0 Å². The van der Waals surface area contributed by atoms with Crippen LogP contribution in [0, 0.1) is 6.92 Å². The maximum absolute atomic E-state index is 12.8. The SMILES string of the molecule is Cc1ccoc1C(=O)Nc1ncc(Cc2cc(C(F)(F)F)ccc2Cl)s1. The van der Waals surface area contributed by atoms with Crippen molar-refractivity contribution in [3.05, 3.63) is 69.1 Å². The van der Waals surface area contributed by atoms with Gasteiger partial charge in [-0.1, -0.05) is 11.6 Å². The second-order valence-corrected chi connectivity index (χ2v) is 7.02. The van der Waals surface area contributed by atoms with Crippen LogP contribution in [0.5, 0.6) is 0 Å². The number of carbonyl (C=O) groups excluding carboxylic acids is 1. The highest BCUT2D eigenvalue weighted by Crippen LogP contribution is 2.33. The van der Waals surface area contributed by atoms with Gasteiger partial charge in [0.25, 0.3) is 5.91 Å². The second kappa shape index (κ2) is 7.13. The van der Waals surface area contributed by atoms with E-state index in [1.165, 1.54) is 18.5 Å². The number of aryl methyl sites for hydroxylation is 1. The molecule has 0 fully saturated rings. The summed E-state index contributed by atoms with van der Waals surface area (Å²) in [4.78, 5) is 16.8. The summed E-state index contributed by atoms with van der Waals surface area (Å²) in [6.07, 6.45) is -1.36. The van der Waals surface area contributed by atoms with Gasteiger partial charge < -0.3 is 4.42 Å². The molecular formula is C17H12ClF3N2O2S. The Morgan fingerprint density at radius 3 is 2.77 bits per heavy atom. The number of nitrogens with zero attached hydrogens (tertiary/aromatic N) is 1. The van der Waals surface area contributed by atoms with Crippen molar-refractivity contribution in [1.82, 2.24) is 4.98 Å². The van der Waals surface area contributed by atoms with Crippen LogP contribution in [-0.2, 0) is 12.6 Å². The molecule has 3 rings (SSSR count). The largest absolute Gasteiger partial charge is 0.459 e. The van der Waals surface area contributed by atoms with Crippen molar-refractivity contribution in [2.75, 3.05) is 5.32 Å². The summed E-state index contributed by atoms with van der Waals surface area (Å²) in [5.74, 6) is -0.256. The van der Waals surface area contributed by atoms with E-state index in [0.29, 0.717) is 21.1 Å². The normalized spacial score (nSPS) is 11.6. The zero-order valence-corrected chi connectivity index (χ0v) is 14.9. The van der Waals surface area contributed by atoms with Crippen LogP contribution in [0.2, 0.25) is 5.02 Å². The smallest absolute Gasteiger partial charge is 0.416 e. The number of amides is 1. The van der Waals surface area contributed by atoms with E-state index >= 15 is 0 Å². The molecule has 0 bridgehead atoms. The Bertz CT molecular complexity index is 950. The molecular weight excluding hydrogens is 389 g/mol. The summed E-state index contributed by atoms with van der Waals surface area (Å²) in [5.41, 5.74) is 0.267. The first-order valence-electron chi connectivity index (χ1n) is 7.40. The Kier molecular flexibility index (Phi) is 5.06. The molecule has 3 aromatic rings. The first kappa shape index (κ1) is 18.5. The van der Waals surface area contributed by atoms with Gasteiger partial charge in [0.15, 0.2) is 10.9 Å². The molecule has 1 aromatic carbocycles. The van der Waals surface area contributed by atoms with E-state index in [0.717, 1.165) is 23.5 Å². The molecule has 2 aromatic heterocycles. The third-order valence-corrected chi connectivity index (χ3v) is 4.86. The topological polar surface area (TPSA) is 55.1 Å². The minimum Gasteiger partial charge on any atom is -0.459 e. The van der Waals surface area contributed by atoms with Crippen LogP contribution in [0.25, 0.3) is 0 Å². The van der Waals surface area contributed by atoms with Gasteiger partial charge >= 0.3 is 6.18 Å². The summed E-state index contributed by atoms with van der Waals surface area (Å²) in [6, 6.07) is 4.85. The third-order valence-electron chi connectivity index (χ3n) is 3.58. The minimum absolute atomic E-state index is 0.177. The van der Waals surface area contributed by atoms with Gasteiger partial charge in [0.2, 0.25) is 0 Å². The number of rotatable bonds is 4. The van der Waals surface area contributed by atoms with Crippen LogP contribution in [0.15, 0.2) is 41.1 Å². The van der Waals surface area contributed by atoms with Crippen LogP contribution in [-0.4, -0.2) is 10.9 Å². The first-order valence-corrected chi connectivity index (χ1v) is 8.59. The van der Waals surface area contributed by atoms with Crippen LogP contribution in [0.1, 0.15) is 32.1 Å². The molecule has 1 amide bonds. The lowest BCUT2D eigenvalue weighted by molar-refractivity contribution is -0.137. The predicted molar refractivity (Wildman–Crippen MR) is 92.8 cm³/mol. The van der Waals surface area contributed by atoms with Gasteiger partial charge in [0.1, 0.15) is 0 Å². The molecule has 0 atom stereocenters. The maximum atomic E-state index is 12.8. The van der Waals surface area contributed by atoms with Crippen LogP contribution >= 0.6 is 22.9 Å². The predicted octanol–water partition coefficient (Wildman–Crippen LogP) is 5.56. The quantitative estimate of drug-likeness (QED) is 0.623. The molecule has 136 valence electrons. The highest BCUT2D eigenvalue weighted by atomic mass is 35.5. The molecule has 0 spiro atoms. The van der Waals surface area contributed by atoms with Gasteiger partial charge in [-0.05, 0) is 36.8 Å². The number of hydrogen-bond acceptors (Lipinski definition) is 4. The second-order valence-electron chi connectivity index (χ2n) is 5.50. The van der Waals surface area contributed by atoms with Gasteiger partial charge in [-0.3, -0.25) is 10.1 Å². The molecule has 0 unspecified atom stereocenters. The molecule has 2 heterocycles. The number of alkyl halides is 3. The number of aromatic nitrogens is 1. The fourth-order valence-corrected chi connectivity index (χ4v) is 3.30. The zero-order chi connectivity index (χ0) is 18.9. The molecule has 9 heteroatoms. The first-order chi connectivity index (χ1) is 12.2. The van der Waals surface area contributed by atoms with E-state index in [2.05, 4.69) is 10.3 Å². The number of halogens is 4. The Hall–Kier alpha value is -2.32. The van der Waals surface area contributed by atoms with Gasteiger partial charge in [0.05, 0.1) is 11.8 Å². The number of nitrogens with one attached hydrogen (secondary N) is 1. The minimum atomic E-state index is -4.44. The van der Waals surface area contributed by atoms with Crippen molar-refractivity contribution in [3.63, 3.8) is 0 Å². The Morgan fingerprint density at radius 2 is 2.12 bits per heavy atom. The summed E-state index contributed by atoms with van der Waals surface area (Å²) >= 11 is 7.16. The molecule has 0 aliphatic heterocycles. The number of thiazole rings is 1. The van der Waals surface area contributed by atoms with Gasteiger partial charge in [-0.15, -0.1) is 11.3 Å². The lowest BCUT2D eigenvalue weighted by atomic mass is 10.1. The monoisotopic (exact) mass is 400 g/mol. The van der Waals surface area contributed by atoms with Crippen molar-refractivity contribution in [1.29, 1.82) is 0 Å². The van der Waals surface area contributed by atoms with E-state index in [9.17, 15) is 18.0 Å². The molecule has 0 aliphatic carbocycles. The van der Waals surface area contributed by atoms with Crippen molar-refractivity contribution in [2.24, 2.45) is 0 Å². The Balaban J connectivity index is 1.75. The molecule has 0 saturated heterocycles. The Labute approximate surface area is 155 Å². The zero-order valence-electron chi connectivity index (χ0n) is 13.4. The summed E-state index contributed by atoms with van der Waals surface area (Å²) < 4.78 is 43.6. The van der Waals surface area contributed by atoms with Crippen molar-refractivity contribution >= 4 is 34.0 Å². The van der Waals surface area contributed by atoms with Gasteiger partial charge in [-0.25, -0.2) is 4.98 Å². The molecule has 26 heavy (non-hydrogen) atoms. The number of anilines is 1. The van der Waals surface area contributed by atoms with Crippen molar-refractivity contribution in [2.45, 2.75) is 19.5 Å². The maximum Gasteiger partial charge on any atom is 0.416 e. The van der Waals surface area contributed by atoms with E-state index < -0.39 is 17.6 Å². The average Bonchev–Trinajstić information content (AvgIpc) is 3.17. The number of furan rings is 1. The van der Waals surface area contributed by atoms with Crippen molar-refractivity contribution < 1.29 is 22.4 Å². The molecule has 0 aliphatic rings. The van der Waals surface area contributed by atoms with E-state index in [-0.39, 0.29) is 17.2 Å². The van der Waals surface area contributed by atoms with Gasteiger partial charge in [0, 0.05) is 28.1 Å². The molecule has 4 nitrogen and oxygen atoms in total.